The van der Waals surface area contributed by atoms with Crippen LogP contribution in [0, 0.1) is 10.1 Å². The van der Waals surface area contributed by atoms with Crippen LogP contribution in [0.25, 0.3) is 0 Å². The summed E-state index contributed by atoms with van der Waals surface area (Å²) in [5.41, 5.74) is 5.48. The second-order valence-corrected chi connectivity index (χ2v) is 4.29. The molecule has 0 aliphatic heterocycles. The number of hydrazine groups is 1. The Kier molecular flexibility index (Phi) is 6.33. The van der Waals surface area contributed by atoms with E-state index in [0.717, 1.165) is 0 Å². The van der Waals surface area contributed by atoms with Gasteiger partial charge >= 0.3 is 0 Å². The van der Waals surface area contributed by atoms with Crippen LogP contribution in [0.3, 0.4) is 0 Å². The van der Waals surface area contributed by atoms with Gasteiger partial charge in [0.1, 0.15) is 5.69 Å². The van der Waals surface area contributed by atoms with Crippen molar-refractivity contribution in [1.82, 2.24) is 16.2 Å². The molecule has 0 bridgehead atoms. The first-order valence-electron chi connectivity index (χ1n) is 5.49. The van der Waals surface area contributed by atoms with Crippen LogP contribution in [-0.2, 0) is 0 Å². The number of nitrogens with one attached hydrogen (secondary N) is 4. The summed E-state index contributed by atoms with van der Waals surface area (Å²) in [5, 5.41) is 16.9. The average Bonchev–Trinajstić information content (AvgIpc) is 2.43. The largest absolute Gasteiger partial charge is 0.358 e. The Morgan fingerprint density at radius 2 is 1.95 bits per heavy atom. The Bertz CT molecular complexity index is 535. The summed E-state index contributed by atoms with van der Waals surface area (Å²) in [6.07, 6.45) is 1.65. The lowest BCUT2D eigenvalue weighted by Gasteiger charge is -2.13. The van der Waals surface area contributed by atoms with Crippen LogP contribution in [0.5, 0.6) is 0 Å². The van der Waals surface area contributed by atoms with Crippen molar-refractivity contribution in [3.05, 3.63) is 47.0 Å². The molecule has 0 atom stereocenters. The number of para-hydroxylation sites is 2. The molecule has 0 spiro atoms. The molecule has 0 saturated carbocycles. The van der Waals surface area contributed by atoms with Crippen molar-refractivity contribution < 1.29 is 4.92 Å². The number of nitro groups is 1. The Morgan fingerprint density at radius 3 is 2.60 bits per heavy atom. The number of hydrogen-bond acceptors (Lipinski definition) is 4. The molecule has 106 valence electrons. The van der Waals surface area contributed by atoms with E-state index < -0.39 is 4.92 Å². The molecule has 0 aliphatic rings. The average molecular weight is 311 g/mol. The van der Waals surface area contributed by atoms with Gasteiger partial charge in [0.25, 0.3) is 5.69 Å². The van der Waals surface area contributed by atoms with E-state index in [-0.39, 0.29) is 10.8 Å². The van der Waals surface area contributed by atoms with Crippen molar-refractivity contribution in [2.75, 3.05) is 11.9 Å². The van der Waals surface area contributed by atoms with Gasteiger partial charge in [0, 0.05) is 12.6 Å². The molecule has 7 nitrogen and oxygen atoms in total. The maximum absolute atomic E-state index is 10.8. The summed E-state index contributed by atoms with van der Waals surface area (Å²) in [4.78, 5) is 10.3. The number of anilines is 1. The van der Waals surface area contributed by atoms with E-state index in [0.29, 0.717) is 17.3 Å². The van der Waals surface area contributed by atoms with Crippen LogP contribution in [0.2, 0.25) is 0 Å². The fourth-order valence-corrected chi connectivity index (χ4v) is 1.51. The highest BCUT2D eigenvalue weighted by atomic mass is 32.1. The summed E-state index contributed by atoms with van der Waals surface area (Å²) in [7, 11) is 0. The zero-order valence-corrected chi connectivity index (χ0v) is 12.0. The van der Waals surface area contributed by atoms with Gasteiger partial charge in [-0.1, -0.05) is 18.2 Å². The fraction of sp³-hybridized carbons (Fsp3) is 0.0909. The molecule has 1 rings (SSSR count). The smallest absolute Gasteiger partial charge is 0.292 e. The standard InChI is InChI=1S/C11H13N5O2S2/c1-2-7-12-10(19)14-15-11(20)13-8-5-3-4-6-9(8)16(17)18/h2-6H,1,7H2,(H2,12,14,19)(H2,13,15,20). The second-order valence-electron chi connectivity index (χ2n) is 3.48. The first-order valence-corrected chi connectivity index (χ1v) is 6.31. The third-order valence-corrected chi connectivity index (χ3v) is 2.50. The molecule has 1 aromatic carbocycles. The van der Waals surface area contributed by atoms with Crippen molar-refractivity contribution in [1.29, 1.82) is 0 Å². The van der Waals surface area contributed by atoms with Gasteiger partial charge < -0.3 is 10.6 Å². The van der Waals surface area contributed by atoms with Gasteiger partial charge in [-0.2, -0.15) is 0 Å². The number of thiocarbonyl (C=S) groups is 2. The lowest BCUT2D eigenvalue weighted by Crippen LogP contribution is -2.48. The van der Waals surface area contributed by atoms with Crippen LogP contribution in [0.15, 0.2) is 36.9 Å². The van der Waals surface area contributed by atoms with E-state index in [1.165, 1.54) is 6.07 Å². The van der Waals surface area contributed by atoms with Crippen molar-refractivity contribution >= 4 is 46.0 Å². The molecule has 0 saturated heterocycles. The van der Waals surface area contributed by atoms with Gasteiger partial charge in [0.2, 0.25) is 0 Å². The first kappa shape index (κ1) is 15.8. The van der Waals surface area contributed by atoms with E-state index in [2.05, 4.69) is 28.1 Å². The summed E-state index contributed by atoms with van der Waals surface area (Å²) >= 11 is 9.94. The summed E-state index contributed by atoms with van der Waals surface area (Å²) in [6, 6.07) is 6.18. The van der Waals surface area contributed by atoms with Gasteiger partial charge in [-0.25, -0.2) is 0 Å². The molecular weight excluding hydrogens is 298 g/mol. The summed E-state index contributed by atoms with van der Waals surface area (Å²) in [5.74, 6) is 0. The van der Waals surface area contributed by atoms with Gasteiger partial charge in [-0.3, -0.25) is 21.0 Å². The van der Waals surface area contributed by atoms with Crippen molar-refractivity contribution in [3.63, 3.8) is 0 Å². The SMILES string of the molecule is C=CCNC(=S)NNC(=S)Nc1ccccc1[N+](=O)[O-]. The van der Waals surface area contributed by atoms with Crippen molar-refractivity contribution in [3.8, 4) is 0 Å². The van der Waals surface area contributed by atoms with Crippen LogP contribution in [0.1, 0.15) is 0 Å². The van der Waals surface area contributed by atoms with E-state index in [9.17, 15) is 10.1 Å². The van der Waals surface area contributed by atoms with Crippen LogP contribution in [-0.4, -0.2) is 21.7 Å². The molecule has 20 heavy (non-hydrogen) atoms. The molecule has 4 N–H and O–H groups in total. The lowest BCUT2D eigenvalue weighted by atomic mass is 10.3. The van der Waals surface area contributed by atoms with Crippen molar-refractivity contribution in [2.24, 2.45) is 0 Å². The zero-order chi connectivity index (χ0) is 15.0. The number of hydrogen-bond donors (Lipinski definition) is 4. The normalized spacial score (nSPS) is 9.20. The van der Waals surface area contributed by atoms with Crippen molar-refractivity contribution in [2.45, 2.75) is 0 Å². The molecule has 9 heteroatoms. The second kappa shape index (κ2) is 8.02. The number of nitro benzene ring substituents is 1. The van der Waals surface area contributed by atoms with E-state index >= 15 is 0 Å². The number of rotatable bonds is 4. The van der Waals surface area contributed by atoms with Crippen LogP contribution in [0.4, 0.5) is 11.4 Å². The summed E-state index contributed by atoms with van der Waals surface area (Å²) in [6.45, 7) is 4.05. The molecular formula is C11H13N5O2S2. The lowest BCUT2D eigenvalue weighted by molar-refractivity contribution is -0.383. The highest BCUT2D eigenvalue weighted by molar-refractivity contribution is 7.80. The Labute approximate surface area is 126 Å². The van der Waals surface area contributed by atoms with Crippen LogP contribution < -0.4 is 21.5 Å². The Morgan fingerprint density at radius 1 is 1.30 bits per heavy atom. The molecule has 0 unspecified atom stereocenters. The maximum atomic E-state index is 10.8. The van der Waals surface area contributed by atoms with Crippen LogP contribution >= 0.6 is 24.4 Å². The summed E-state index contributed by atoms with van der Waals surface area (Å²) < 4.78 is 0. The molecule has 0 radical (unpaired) electrons. The van der Waals surface area contributed by atoms with E-state index in [1.807, 2.05) is 0 Å². The van der Waals surface area contributed by atoms with Gasteiger partial charge in [0.15, 0.2) is 10.2 Å². The molecule has 1 aromatic rings. The third-order valence-electron chi connectivity index (χ3n) is 2.05. The first-order chi connectivity index (χ1) is 9.54. The monoisotopic (exact) mass is 311 g/mol. The third kappa shape index (κ3) is 5.16. The molecule has 0 fully saturated rings. The van der Waals surface area contributed by atoms with E-state index in [1.54, 1.807) is 24.3 Å². The predicted octanol–water partition coefficient (Wildman–Crippen LogP) is 1.45. The minimum absolute atomic E-state index is 0.0657. The Balaban J connectivity index is 2.53. The topological polar surface area (TPSA) is 91.3 Å². The Hall–Kier alpha value is -2.26. The van der Waals surface area contributed by atoms with E-state index in [4.69, 9.17) is 24.4 Å². The quantitative estimate of drug-likeness (QED) is 0.287. The fourth-order valence-electron chi connectivity index (χ4n) is 1.21. The predicted molar refractivity (Wildman–Crippen MR) is 86.4 cm³/mol. The van der Waals surface area contributed by atoms with Gasteiger partial charge in [-0.05, 0) is 30.5 Å². The highest BCUT2D eigenvalue weighted by Crippen LogP contribution is 2.22. The highest BCUT2D eigenvalue weighted by Gasteiger charge is 2.12. The molecule has 0 amide bonds. The minimum atomic E-state index is -0.491. The molecule has 0 heterocycles. The maximum Gasteiger partial charge on any atom is 0.292 e. The van der Waals surface area contributed by atoms with Gasteiger partial charge in [-0.15, -0.1) is 6.58 Å². The molecule has 0 aromatic heterocycles. The minimum Gasteiger partial charge on any atom is -0.358 e. The number of benzene rings is 1. The van der Waals surface area contributed by atoms with Gasteiger partial charge in [0.05, 0.1) is 4.92 Å². The zero-order valence-electron chi connectivity index (χ0n) is 10.4. The molecule has 0 aliphatic carbocycles. The number of nitrogens with zero attached hydrogens (tertiary/aromatic N) is 1.